The van der Waals surface area contributed by atoms with Crippen LogP contribution in [0.25, 0.3) is 0 Å². The van der Waals surface area contributed by atoms with Crippen molar-refractivity contribution in [2.24, 2.45) is 5.73 Å². The van der Waals surface area contributed by atoms with Gasteiger partial charge >= 0.3 is 0 Å². The van der Waals surface area contributed by atoms with Crippen molar-refractivity contribution in [3.05, 3.63) is 0 Å². The quantitative estimate of drug-likeness (QED) is 0.795. The predicted octanol–water partition coefficient (Wildman–Crippen LogP) is 1.59. The summed E-state index contributed by atoms with van der Waals surface area (Å²) in [6.07, 6.45) is 9.81. The highest BCUT2D eigenvalue weighted by Crippen LogP contribution is 2.23. The van der Waals surface area contributed by atoms with Gasteiger partial charge < -0.3 is 10.6 Å². The Morgan fingerprint density at radius 1 is 1.11 bits per heavy atom. The smallest absolute Gasteiger partial charge is 0.236 e. The lowest BCUT2D eigenvalue weighted by Crippen LogP contribution is -2.46. The Bertz CT molecular complexity index is 271. The number of hydrogen-bond acceptors (Lipinski definition) is 3. The minimum Gasteiger partial charge on any atom is -0.342 e. The molecule has 2 N–H and O–H groups in total. The minimum absolute atomic E-state index is 0.337. The normalized spacial score (nSPS) is 21.3. The molecule has 1 aliphatic carbocycles. The zero-order valence-corrected chi connectivity index (χ0v) is 12.1. The zero-order valence-electron chi connectivity index (χ0n) is 12.1. The molecule has 0 aromatic heterocycles. The van der Waals surface area contributed by atoms with E-state index in [0.717, 1.165) is 32.6 Å². The number of nitrogens with two attached hydrogens (primary N) is 1. The van der Waals surface area contributed by atoms with E-state index in [-0.39, 0.29) is 0 Å². The van der Waals surface area contributed by atoms with Gasteiger partial charge in [-0.25, -0.2) is 0 Å². The summed E-state index contributed by atoms with van der Waals surface area (Å²) in [7, 11) is 0. The number of piperidine rings is 1. The van der Waals surface area contributed by atoms with Crippen LogP contribution >= 0.6 is 0 Å². The molecule has 1 saturated carbocycles. The van der Waals surface area contributed by atoms with Gasteiger partial charge in [0.15, 0.2) is 0 Å². The Kier molecular flexibility index (Phi) is 6.11. The molecular formula is C15H29N3O. The third kappa shape index (κ3) is 4.46. The molecule has 4 nitrogen and oxygen atoms in total. The van der Waals surface area contributed by atoms with Crippen LogP contribution in [0.1, 0.15) is 51.4 Å². The second-order valence-electron chi connectivity index (χ2n) is 5.99. The van der Waals surface area contributed by atoms with Crippen molar-refractivity contribution in [1.82, 2.24) is 9.80 Å². The van der Waals surface area contributed by atoms with Gasteiger partial charge in [-0.15, -0.1) is 0 Å². The summed E-state index contributed by atoms with van der Waals surface area (Å²) in [4.78, 5) is 16.8. The molecule has 1 amide bonds. The summed E-state index contributed by atoms with van der Waals surface area (Å²) in [5.41, 5.74) is 5.63. The first kappa shape index (κ1) is 14.8. The number of nitrogens with zero attached hydrogens (tertiary/aromatic N) is 2. The van der Waals surface area contributed by atoms with Crippen LogP contribution in [0.15, 0.2) is 0 Å². The number of hydrogen-bond donors (Lipinski definition) is 1. The number of rotatable bonds is 6. The van der Waals surface area contributed by atoms with E-state index < -0.39 is 0 Å². The molecule has 2 aliphatic rings. The molecule has 19 heavy (non-hydrogen) atoms. The van der Waals surface area contributed by atoms with E-state index in [0.29, 0.717) is 18.5 Å². The molecule has 0 aromatic carbocycles. The van der Waals surface area contributed by atoms with E-state index in [2.05, 4.69) is 9.80 Å². The van der Waals surface area contributed by atoms with Gasteiger partial charge in [0.2, 0.25) is 5.91 Å². The van der Waals surface area contributed by atoms with Crippen molar-refractivity contribution < 1.29 is 4.79 Å². The third-order valence-electron chi connectivity index (χ3n) is 4.54. The number of likely N-dealkylation sites (tertiary alicyclic amines) is 1. The predicted molar refractivity (Wildman–Crippen MR) is 77.9 cm³/mol. The average molecular weight is 267 g/mol. The SMILES string of the molecule is NCCCN(CC(=O)N1CCCCC1)C1CCCC1. The molecule has 1 heterocycles. The maximum absolute atomic E-state index is 12.4. The van der Waals surface area contributed by atoms with Crippen LogP contribution in [0.3, 0.4) is 0 Å². The van der Waals surface area contributed by atoms with Gasteiger partial charge in [0.05, 0.1) is 6.54 Å². The van der Waals surface area contributed by atoms with Crippen molar-refractivity contribution in [2.45, 2.75) is 57.4 Å². The fourth-order valence-electron chi connectivity index (χ4n) is 3.37. The summed E-state index contributed by atoms with van der Waals surface area (Å²) in [6.45, 7) is 4.26. The molecule has 0 aromatic rings. The molecule has 0 bridgehead atoms. The van der Waals surface area contributed by atoms with Crippen molar-refractivity contribution in [3.8, 4) is 0 Å². The fraction of sp³-hybridized carbons (Fsp3) is 0.933. The molecule has 1 saturated heterocycles. The van der Waals surface area contributed by atoms with Gasteiger partial charge in [-0.05, 0) is 45.1 Å². The van der Waals surface area contributed by atoms with Crippen molar-refractivity contribution >= 4 is 5.91 Å². The van der Waals surface area contributed by atoms with Gasteiger partial charge in [0, 0.05) is 25.7 Å². The average Bonchev–Trinajstić information content (AvgIpc) is 2.98. The Morgan fingerprint density at radius 2 is 1.79 bits per heavy atom. The number of amides is 1. The van der Waals surface area contributed by atoms with Crippen LogP contribution in [0.5, 0.6) is 0 Å². The molecule has 110 valence electrons. The number of carbonyl (C=O) groups is 1. The molecule has 0 radical (unpaired) electrons. The highest BCUT2D eigenvalue weighted by Gasteiger charge is 2.26. The van der Waals surface area contributed by atoms with Gasteiger partial charge in [-0.3, -0.25) is 9.69 Å². The second-order valence-corrected chi connectivity index (χ2v) is 5.99. The first-order chi connectivity index (χ1) is 9.31. The van der Waals surface area contributed by atoms with E-state index in [1.807, 2.05) is 0 Å². The first-order valence-electron chi connectivity index (χ1n) is 8.03. The van der Waals surface area contributed by atoms with E-state index in [1.54, 1.807) is 0 Å². The highest BCUT2D eigenvalue weighted by atomic mass is 16.2. The van der Waals surface area contributed by atoms with Gasteiger partial charge in [-0.1, -0.05) is 12.8 Å². The standard InChI is InChI=1S/C15H29N3O/c16-9-6-12-18(14-7-2-3-8-14)13-15(19)17-10-4-1-5-11-17/h14H,1-13,16H2. The monoisotopic (exact) mass is 267 g/mol. The summed E-state index contributed by atoms with van der Waals surface area (Å²) < 4.78 is 0. The van der Waals surface area contributed by atoms with Crippen LogP contribution in [0, 0.1) is 0 Å². The summed E-state index contributed by atoms with van der Waals surface area (Å²) in [5.74, 6) is 0.337. The van der Waals surface area contributed by atoms with Crippen molar-refractivity contribution in [3.63, 3.8) is 0 Å². The molecule has 2 rings (SSSR count). The molecule has 2 fully saturated rings. The maximum Gasteiger partial charge on any atom is 0.236 e. The minimum atomic E-state index is 0.337. The van der Waals surface area contributed by atoms with Crippen LogP contribution in [-0.4, -0.2) is 54.5 Å². The Morgan fingerprint density at radius 3 is 2.42 bits per heavy atom. The highest BCUT2D eigenvalue weighted by molar-refractivity contribution is 5.78. The molecule has 0 atom stereocenters. The molecule has 0 unspecified atom stereocenters. The van der Waals surface area contributed by atoms with Crippen LogP contribution in [-0.2, 0) is 4.79 Å². The van der Waals surface area contributed by atoms with E-state index in [1.165, 1.54) is 44.9 Å². The topological polar surface area (TPSA) is 49.6 Å². The summed E-state index contributed by atoms with van der Waals surface area (Å²) in [5, 5.41) is 0. The second kappa shape index (κ2) is 7.85. The van der Waals surface area contributed by atoms with Gasteiger partial charge in [0.1, 0.15) is 0 Å². The van der Waals surface area contributed by atoms with E-state index >= 15 is 0 Å². The summed E-state index contributed by atoms with van der Waals surface area (Å²) in [6, 6.07) is 0.625. The molecule has 1 aliphatic heterocycles. The van der Waals surface area contributed by atoms with Gasteiger partial charge in [0.25, 0.3) is 0 Å². The van der Waals surface area contributed by atoms with Crippen molar-refractivity contribution in [1.29, 1.82) is 0 Å². The summed E-state index contributed by atoms with van der Waals surface area (Å²) >= 11 is 0. The Labute approximate surface area is 117 Å². The maximum atomic E-state index is 12.4. The lowest BCUT2D eigenvalue weighted by atomic mass is 10.1. The Hall–Kier alpha value is -0.610. The molecule has 4 heteroatoms. The number of carbonyl (C=O) groups excluding carboxylic acids is 1. The van der Waals surface area contributed by atoms with Crippen molar-refractivity contribution in [2.75, 3.05) is 32.7 Å². The molecular weight excluding hydrogens is 238 g/mol. The van der Waals surface area contributed by atoms with Crippen LogP contribution < -0.4 is 5.73 Å². The lowest BCUT2D eigenvalue weighted by Gasteiger charge is -2.32. The van der Waals surface area contributed by atoms with Gasteiger partial charge in [-0.2, -0.15) is 0 Å². The third-order valence-corrected chi connectivity index (χ3v) is 4.54. The fourth-order valence-corrected chi connectivity index (χ4v) is 3.37. The van der Waals surface area contributed by atoms with E-state index in [4.69, 9.17) is 5.73 Å². The largest absolute Gasteiger partial charge is 0.342 e. The first-order valence-corrected chi connectivity index (χ1v) is 8.03. The zero-order chi connectivity index (χ0) is 13.5. The molecule has 0 spiro atoms. The van der Waals surface area contributed by atoms with Crippen LogP contribution in [0.2, 0.25) is 0 Å². The van der Waals surface area contributed by atoms with E-state index in [9.17, 15) is 4.79 Å². The van der Waals surface area contributed by atoms with Crippen LogP contribution in [0.4, 0.5) is 0 Å². The Balaban J connectivity index is 1.84. The lowest BCUT2D eigenvalue weighted by molar-refractivity contribution is -0.133.